The van der Waals surface area contributed by atoms with E-state index in [-0.39, 0.29) is 33.8 Å². The number of nitrogens with one attached hydrogen (secondary N) is 1. The summed E-state index contributed by atoms with van der Waals surface area (Å²) in [7, 11) is 0. The lowest BCUT2D eigenvalue weighted by Gasteiger charge is -2.02. The van der Waals surface area contributed by atoms with Crippen LogP contribution in [-0.2, 0) is 11.3 Å². The van der Waals surface area contributed by atoms with Gasteiger partial charge in [-0.25, -0.2) is 10.1 Å². The molecule has 0 aliphatic heterocycles. The van der Waals surface area contributed by atoms with E-state index < -0.39 is 10.8 Å². The highest BCUT2D eigenvalue weighted by atomic mass is 35.5. The molecule has 23 heavy (non-hydrogen) atoms. The van der Waals surface area contributed by atoms with Crippen molar-refractivity contribution in [3.8, 4) is 0 Å². The Kier molecular flexibility index (Phi) is 5.03. The number of amides is 1. The van der Waals surface area contributed by atoms with E-state index in [0.29, 0.717) is 0 Å². The maximum absolute atomic E-state index is 11.6. The van der Waals surface area contributed by atoms with E-state index in [4.69, 9.17) is 28.9 Å². The zero-order valence-electron chi connectivity index (χ0n) is 11.2. The summed E-state index contributed by atoms with van der Waals surface area (Å²) < 4.78 is 1.06. The fourth-order valence-corrected chi connectivity index (χ4v) is 1.96. The summed E-state index contributed by atoms with van der Waals surface area (Å²) in [5.74, 6) is -0.583. The topological polar surface area (TPSA) is 154 Å². The van der Waals surface area contributed by atoms with E-state index in [0.717, 1.165) is 17.0 Å². The second kappa shape index (κ2) is 6.98. The quantitative estimate of drug-likeness (QED) is 0.450. The first kappa shape index (κ1) is 16.6. The molecule has 3 N–H and O–H groups in total. The number of nitrogens with two attached hydrogens (primary N) is 1. The lowest BCUT2D eigenvalue weighted by Crippen LogP contribution is -2.24. The van der Waals surface area contributed by atoms with Crippen LogP contribution in [0.1, 0.15) is 5.56 Å². The van der Waals surface area contributed by atoms with E-state index >= 15 is 0 Å². The third-order valence-electron chi connectivity index (χ3n) is 2.51. The monoisotopic (exact) mass is 358 g/mol. The van der Waals surface area contributed by atoms with Crippen LogP contribution in [0.25, 0.3) is 0 Å². The minimum absolute atomic E-state index is 0.0273. The third kappa shape index (κ3) is 4.11. The van der Waals surface area contributed by atoms with Crippen molar-refractivity contribution in [2.75, 3.05) is 5.73 Å². The number of carbonyl (C=O) groups excluding carboxylic acids is 1. The second-order valence-electron chi connectivity index (χ2n) is 4.07. The molecule has 0 aliphatic rings. The van der Waals surface area contributed by atoms with Crippen molar-refractivity contribution in [3.05, 3.63) is 37.9 Å². The third-order valence-corrected chi connectivity index (χ3v) is 3.14. The molecule has 120 valence electrons. The molecule has 0 bridgehead atoms. The molecule has 1 amide bonds. The molecule has 0 unspecified atom stereocenters. The van der Waals surface area contributed by atoms with Gasteiger partial charge >= 0.3 is 0 Å². The molecular formula is C10H8Cl2N8O3. The predicted molar refractivity (Wildman–Crippen MR) is 81.1 cm³/mol. The van der Waals surface area contributed by atoms with Gasteiger partial charge in [-0.1, -0.05) is 28.3 Å². The van der Waals surface area contributed by atoms with Gasteiger partial charge < -0.3 is 5.73 Å². The van der Waals surface area contributed by atoms with Crippen LogP contribution in [0.15, 0.2) is 17.2 Å². The molecule has 0 saturated carbocycles. The average molecular weight is 359 g/mol. The molecule has 13 heteroatoms. The number of nitrogens with zero attached hydrogens (tertiary/aromatic N) is 6. The van der Waals surface area contributed by atoms with E-state index in [1.54, 1.807) is 0 Å². The Morgan fingerprint density at radius 1 is 1.48 bits per heavy atom. The van der Waals surface area contributed by atoms with Gasteiger partial charge in [0.1, 0.15) is 11.6 Å². The van der Waals surface area contributed by atoms with Gasteiger partial charge in [0.2, 0.25) is 5.95 Å². The maximum atomic E-state index is 11.6. The fraction of sp³-hybridized carbons (Fsp3) is 0.100. The zero-order valence-corrected chi connectivity index (χ0v) is 12.7. The Bertz CT molecular complexity index is 790. The number of carbonyl (C=O) groups is 1. The van der Waals surface area contributed by atoms with Gasteiger partial charge in [0, 0.05) is 11.6 Å². The van der Waals surface area contributed by atoms with E-state index in [1.807, 2.05) is 0 Å². The van der Waals surface area contributed by atoms with Crippen LogP contribution < -0.4 is 11.2 Å². The summed E-state index contributed by atoms with van der Waals surface area (Å²) in [5.41, 5.74) is 7.47. The highest BCUT2D eigenvalue weighted by Crippen LogP contribution is 2.29. The minimum atomic E-state index is -0.658. The molecule has 1 aromatic carbocycles. The van der Waals surface area contributed by atoms with Gasteiger partial charge in [0.25, 0.3) is 11.6 Å². The summed E-state index contributed by atoms with van der Waals surface area (Å²) in [4.78, 5) is 21.8. The van der Waals surface area contributed by atoms with Crippen molar-refractivity contribution in [1.82, 2.24) is 25.6 Å². The smallest absolute Gasteiger partial charge is 0.288 e. The van der Waals surface area contributed by atoms with Crippen molar-refractivity contribution in [2.45, 2.75) is 6.54 Å². The first-order chi connectivity index (χ1) is 10.9. The summed E-state index contributed by atoms with van der Waals surface area (Å²) in [6, 6.07) is 2.35. The number of tetrazole rings is 1. The lowest BCUT2D eigenvalue weighted by molar-refractivity contribution is -0.384. The van der Waals surface area contributed by atoms with Crippen LogP contribution in [0.4, 0.5) is 11.6 Å². The SMILES string of the molecule is Nc1nnnn1CC(=O)NN=Cc1cc([N+](=O)[O-])c(Cl)cc1Cl. The van der Waals surface area contributed by atoms with E-state index in [1.165, 1.54) is 6.07 Å². The standard InChI is InChI=1S/C10H8Cl2N8O3/c11-6-2-7(12)8(20(22)23)1-5(6)3-14-15-9(21)4-19-10(13)16-17-18-19/h1-3H,4H2,(H,15,21)(H2,13,16,18). The molecule has 2 aromatic rings. The predicted octanol–water partition coefficient (Wildman–Crippen LogP) is 0.621. The number of rotatable bonds is 5. The highest BCUT2D eigenvalue weighted by molar-refractivity contribution is 6.37. The Hall–Kier alpha value is -2.79. The molecule has 11 nitrogen and oxygen atoms in total. The van der Waals surface area contributed by atoms with Crippen molar-refractivity contribution in [1.29, 1.82) is 0 Å². The second-order valence-corrected chi connectivity index (χ2v) is 4.88. The number of anilines is 1. The molecule has 0 aliphatic carbocycles. The number of halogens is 2. The summed E-state index contributed by atoms with van der Waals surface area (Å²) >= 11 is 11.6. The normalized spacial score (nSPS) is 10.9. The molecular weight excluding hydrogens is 351 g/mol. The number of hydrazone groups is 1. The average Bonchev–Trinajstić information content (AvgIpc) is 2.86. The molecule has 0 radical (unpaired) electrons. The molecule has 0 spiro atoms. The fourth-order valence-electron chi connectivity index (χ4n) is 1.46. The van der Waals surface area contributed by atoms with E-state index in [2.05, 4.69) is 26.1 Å². The highest BCUT2D eigenvalue weighted by Gasteiger charge is 2.15. The van der Waals surface area contributed by atoms with Crippen LogP contribution in [-0.4, -0.2) is 37.3 Å². The molecule has 2 rings (SSSR count). The first-order valence-corrected chi connectivity index (χ1v) is 6.61. The number of hydrogen-bond donors (Lipinski definition) is 2. The Labute approximate surface area is 138 Å². The van der Waals surface area contributed by atoms with Crippen LogP contribution in [0.5, 0.6) is 0 Å². The van der Waals surface area contributed by atoms with Gasteiger partial charge in [-0.2, -0.15) is 5.10 Å². The number of nitro benzene ring substituents is 1. The van der Waals surface area contributed by atoms with Gasteiger partial charge in [0.05, 0.1) is 16.2 Å². The maximum Gasteiger partial charge on any atom is 0.288 e. The van der Waals surface area contributed by atoms with Crippen LogP contribution >= 0.6 is 23.2 Å². The van der Waals surface area contributed by atoms with Gasteiger partial charge in [-0.3, -0.25) is 14.9 Å². The van der Waals surface area contributed by atoms with Crippen molar-refractivity contribution < 1.29 is 9.72 Å². The first-order valence-electron chi connectivity index (χ1n) is 5.85. The van der Waals surface area contributed by atoms with Crippen molar-refractivity contribution in [2.24, 2.45) is 5.10 Å². The van der Waals surface area contributed by atoms with Crippen molar-refractivity contribution >= 4 is 47.0 Å². The number of hydrogen-bond acceptors (Lipinski definition) is 8. The molecule has 0 saturated heterocycles. The number of nitrogen functional groups attached to an aromatic ring is 1. The zero-order chi connectivity index (χ0) is 17.0. The lowest BCUT2D eigenvalue weighted by atomic mass is 10.2. The van der Waals surface area contributed by atoms with Crippen LogP contribution in [0.2, 0.25) is 10.0 Å². The Balaban J connectivity index is 2.06. The minimum Gasteiger partial charge on any atom is -0.367 e. The van der Waals surface area contributed by atoms with Crippen LogP contribution in [0.3, 0.4) is 0 Å². The van der Waals surface area contributed by atoms with E-state index in [9.17, 15) is 14.9 Å². The Morgan fingerprint density at radius 3 is 2.83 bits per heavy atom. The number of aromatic nitrogens is 4. The summed E-state index contributed by atoms with van der Waals surface area (Å²) in [6.07, 6.45) is 1.15. The number of benzene rings is 1. The van der Waals surface area contributed by atoms with Crippen molar-refractivity contribution in [3.63, 3.8) is 0 Å². The van der Waals surface area contributed by atoms with Gasteiger partial charge in [-0.05, 0) is 16.5 Å². The number of nitro groups is 1. The Morgan fingerprint density at radius 2 is 2.22 bits per heavy atom. The molecule has 1 heterocycles. The summed E-state index contributed by atoms with van der Waals surface area (Å²) in [6.45, 7) is -0.245. The van der Waals surface area contributed by atoms with Gasteiger partial charge in [-0.15, -0.1) is 0 Å². The molecule has 0 atom stereocenters. The molecule has 0 fully saturated rings. The van der Waals surface area contributed by atoms with Gasteiger partial charge in [0.15, 0.2) is 0 Å². The largest absolute Gasteiger partial charge is 0.367 e. The molecule has 1 aromatic heterocycles. The summed E-state index contributed by atoms with van der Waals surface area (Å²) in [5, 5.41) is 24.7. The van der Waals surface area contributed by atoms with Crippen LogP contribution in [0, 0.1) is 10.1 Å².